The summed E-state index contributed by atoms with van der Waals surface area (Å²) < 4.78 is 39.6. The summed E-state index contributed by atoms with van der Waals surface area (Å²) in [5.41, 5.74) is 4.58. The zero-order chi connectivity index (χ0) is 17.9. The molecule has 0 aliphatic heterocycles. The van der Waals surface area contributed by atoms with Gasteiger partial charge in [0.25, 0.3) is 5.69 Å². The SMILES string of the molecule is Nc1c(CCCO)cc(-c2ccccc2C(F)(F)F)cc1[N+](=O)[O-]. The van der Waals surface area contributed by atoms with E-state index in [0.29, 0.717) is 12.0 Å². The van der Waals surface area contributed by atoms with Gasteiger partial charge in [-0.2, -0.15) is 13.2 Å². The number of aliphatic hydroxyl groups is 1. The van der Waals surface area contributed by atoms with Gasteiger partial charge in [-0.3, -0.25) is 10.1 Å². The van der Waals surface area contributed by atoms with Gasteiger partial charge in [-0.1, -0.05) is 18.2 Å². The van der Waals surface area contributed by atoms with Crippen molar-refractivity contribution in [2.75, 3.05) is 12.3 Å². The van der Waals surface area contributed by atoms with Crippen LogP contribution in [0.1, 0.15) is 17.5 Å². The quantitative estimate of drug-likeness (QED) is 0.492. The molecule has 128 valence electrons. The molecule has 2 rings (SSSR count). The first-order valence-corrected chi connectivity index (χ1v) is 7.10. The molecule has 24 heavy (non-hydrogen) atoms. The van der Waals surface area contributed by atoms with Crippen molar-refractivity contribution in [2.24, 2.45) is 0 Å². The second-order valence-corrected chi connectivity index (χ2v) is 5.20. The fourth-order valence-electron chi connectivity index (χ4n) is 2.46. The van der Waals surface area contributed by atoms with Gasteiger partial charge in [0.05, 0.1) is 10.5 Å². The maximum atomic E-state index is 13.2. The topological polar surface area (TPSA) is 89.4 Å². The van der Waals surface area contributed by atoms with Crippen molar-refractivity contribution < 1.29 is 23.2 Å². The molecule has 3 N–H and O–H groups in total. The third kappa shape index (κ3) is 3.65. The van der Waals surface area contributed by atoms with Crippen molar-refractivity contribution >= 4 is 11.4 Å². The van der Waals surface area contributed by atoms with E-state index in [2.05, 4.69) is 0 Å². The van der Waals surface area contributed by atoms with Crippen molar-refractivity contribution in [2.45, 2.75) is 19.0 Å². The number of aryl methyl sites for hydroxylation is 1. The van der Waals surface area contributed by atoms with E-state index in [1.807, 2.05) is 0 Å². The molecule has 0 aromatic heterocycles. The summed E-state index contributed by atoms with van der Waals surface area (Å²) in [6.07, 6.45) is -4.06. The lowest BCUT2D eigenvalue weighted by atomic mass is 9.95. The van der Waals surface area contributed by atoms with Crippen LogP contribution in [0.15, 0.2) is 36.4 Å². The Bertz CT molecular complexity index is 761. The van der Waals surface area contributed by atoms with E-state index in [9.17, 15) is 23.3 Å². The second kappa shape index (κ2) is 6.88. The van der Waals surface area contributed by atoms with E-state index >= 15 is 0 Å². The minimum absolute atomic E-state index is 0.0664. The van der Waals surface area contributed by atoms with Crippen molar-refractivity contribution in [3.8, 4) is 11.1 Å². The molecule has 0 saturated heterocycles. The van der Waals surface area contributed by atoms with Crippen LogP contribution >= 0.6 is 0 Å². The minimum Gasteiger partial charge on any atom is -0.396 e. The van der Waals surface area contributed by atoms with Crippen LogP contribution in [0.25, 0.3) is 11.1 Å². The summed E-state index contributed by atoms with van der Waals surface area (Å²) in [5, 5.41) is 20.1. The second-order valence-electron chi connectivity index (χ2n) is 5.20. The maximum Gasteiger partial charge on any atom is 0.417 e. The number of halogens is 3. The minimum atomic E-state index is -4.59. The highest BCUT2D eigenvalue weighted by Gasteiger charge is 2.33. The van der Waals surface area contributed by atoms with Crippen molar-refractivity contribution in [1.29, 1.82) is 0 Å². The number of nitro groups is 1. The molecule has 0 atom stereocenters. The van der Waals surface area contributed by atoms with Crippen molar-refractivity contribution in [3.05, 3.63) is 57.6 Å². The van der Waals surface area contributed by atoms with Gasteiger partial charge < -0.3 is 10.8 Å². The van der Waals surface area contributed by atoms with Gasteiger partial charge >= 0.3 is 6.18 Å². The zero-order valence-electron chi connectivity index (χ0n) is 12.5. The lowest BCUT2D eigenvalue weighted by Crippen LogP contribution is -2.08. The number of anilines is 1. The smallest absolute Gasteiger partial charge is 0.396 e. The van der Waals surface area contributed by atoms with Gasteiger partial charge in [0.1, 0.15) is 5.69 Å². The van der Waals surface area contributed by atoms with Gasteiger partial charge in [0, 0.05) is 12.7 Å². The Kier molecular flexibility index (Phi) is 5.08. The van der Waals surface area contributed by atoms with E-state index in [1.165, 1.54) is 24.3 Å². The standard InChI is InChI=1S/C16H15F3N2O3/c17-16(18,19)13-6-2-1-5-12(13)11-8-10(4-3-7-22)15(20)14(9-11)21(23)24/h1-2,5-6,8-9,22H,3-4,7,20H2. The molecular formula is C16H15F3N2O3. The third-order valence-electron chi connectivity index (χ3n) is 3.59. The fraction of sp³-hybridized carbons (Fsp3) is 0.250. The average Bonchev–Trinajstić information content (AvgIpc) is 2.53. The number of hydrogen-bond donors (Lipinski definition) is 2. The molecule has 0 spiro atoms. The van der Waals surface area contributed by atoms with Gasteiger partial charge in [0.2, 0.25) is 0 Å². The number of nitrogen functional groups attached to an aromatic ring is 1. The van der Waals surface area contributed by atoms with Gasteiger partial charge in [-0.05, 0) is 41.7 Å². The number of nitro benzene ring substituents is 1. The Morgan fingerprint density at radius 1 is 1.21 bits per heavy atom. The Balaban J connectivity index is 2.67. The highest BCUT2D eigenvalue weighted by Crippen LogP contribution is 2.40. The van der Waals surface area contributed by atoms with Crippen LogP contribution in [0.4, 0.5) is 24.5 Å². The molecular weight excluding hydrogens is 325 g/mol. The largest absolute Gasteiger partial charge is 0.417 e. The Labute approximate surface area is 135 Å². The van der Waals surface area contributed by atoms with Crippen LogP contribution < -0.4 is 5.73 Å². The first-order chi connectivity index (χ1) is 11.3. The molecule has 0 bridgehead atoms. The molecule has 2 aromatic carbocycles. The molecule has 0 saturated carbocycles. The molecule has 0 unspecified atom stereocenters. The Morgan fingerprint density at radius 2 is 1.88 bits per heavy atom. The molecule has 0 radical (unpaired) electrons. The number of benzene rings is 2. The molecule has 0 aliphatic carbocycles. The molecule has 0 aliphatic rings. The number of nitrogens with two attached hydrogens (primary N) is 1. The van der Waals surface area contributed by atoms with Crippen LogP contribution in [0.3, 0.4) is 0 Å². The first-order valence-electron chi connectivity index (χ1n) is 7.10. The number of alkyl halides is 3. The molecule has 8 heteroatoms. The van der Waals surface area contributed by atoms with E-state index in [0.717, 1.165) is 12.1 Å². The number of rotatable bonds is 5. The monoisotopic (exact) mass is 340 g/mol. The van der Waals surface area contributed by atoms with Crippen LogP contribution in [0.2, 0.25) is 0 Å². The van der Waals surface area contributed by atoms with E-state index in [1.54, 1.807) is 0 Å². The number of nitrogens with zero attached hydrogens (tertiary/aromatic N) is 1. The van der Waals surface area contributed by atoms with Crippen LogP contribution in [-0.4, -0.2) is 16.6 Å². The summed E-state index contributed by atoms with van der Waals surface area (Å²) in [5.74, 6) is 0. The summed E-state index contributed by atoms with van der Waals surface area (Å²) in [6.45, 7) is -0.156. The summed E-state index contributed by atoms with van der Waals surface area (Å²) >= 11 is 0. The predicted molar refractivity (Wildman–Crippen MR) is 83.4 cm³/mol. The number of aliphatic hydroxyl groups excluding tert-OH is 1. The summed E-state index contributed by atoms with van der Waals surface area (Å²) in [6, 6.07) is 7.31. The van der Waals surface area contributed by atoms with Crippen molar-refractivity contribution in [3.63, 3.8) is 0 Å². The first kappa shape index (κ1) is 17.7. The van der Waals surface area contributed by atoms with E-state index in [-0.39, 0.29) is 29.8 Å². The van der Waals surface area contributed by atoms with Gasteiger partial charge in [0.15, 0.2) is 0 Å². The number of hydrogen-bond acceptors (Lipinski definition) is 4. The van der Waals surface area contributed by atoms with Crippen LogP contribution in [-0.2, 0) is 12.6 Å². The molecule has 5 nitrogen and oxygen atoms in total. The normalized spacial score (nSPS) is 11.5. The highest BCUT2D eigenvalue weighted by atomic mass is 19.4. The van der Waals surface area contributed by atoms with Crippen LogP contribution in [0.5, 0.6) is 0 Å². The van der Waals surface area contributed by atoms with E-state index < -0.39 is 22.4 Å². The van der Waals surface area contributed by atoms with Gasteiger partial charge in [-0.15, -0.1) is 0 Å². The molecule has 0 heterocycles. The molecule has 0 fully saturated rings. The molecule has 0 amide bonds. The zero-order valence-corrected chi connectivity index (χ0v) is 12.5. The van der Waals surface area contributed by atoms with E-state index in [4.69, 9.17) is 10.8 Å². The summed E-state index contributed by atoms with van der Waals surface area (Å²) in [7, 11) is 0. The fourth-order valence-corrected chi connectivity index (χ4v) is 2.46. The average molecular weight is 340 g/mol. The Hall–Kier alpha value is -2.61. The molecule has 2 aromatic rings. The summed E-state index contributed by atoms with van der Waals surface area (Å²) in [4.78, 5) is 10.4. The lowest BCUT2D eigenvalue weighted by Gasteiger charge is -2.15. The maximum absolute atomic E-state index is 13.2. The Morgan fingerprint density at radius 3 is 2.46 bits per heavy atom. The van der Waals surface area contributed by atoms with Crippen LogP contribution in [0, 0.1) is 10.1 Å². The lowest BCUT2D eigenvalue weighted by molar-refractivity contribution is -0.383. The predicted octanol–water partition coefficient (Wildman–Crippen LogP) is 3.79. The highest BCUT2D eigenvalue weighted by molar-refractivity contribution is 5.77. The third-order valence-corrected chi connectivity index (χ3v) is 3.59. The van der Waals surface area contributed by atoms with Gasteiger partial charge in [-0.25, -0.2) is 0 Å². The van der Waals surface area contributed by atoms with Crippen molar-refractivity contribution in [1.82, 2.24) is 0 Å².